The summed E-state index contributed by atoms with van der Waals surface area (Å²) in [7, 11) is 3.68. The Morgan fingerprint density at radius 3 is 1.82 bits per heavy atom. The van der Waals surface area contributed by atoms with E-state index in [0.29, 0.717) is 8.34 Å². The number of carboxylic acid groups (broad SMARTS) is 2. The molecule has 6 heterocycles. The molecule has 2 atom stereocenters. The SMILES string of the molecule is C1=C2CCCCN2CCC1.C1CCN2CCCN=C2C1.COc1ccc(C(CC(=O)O)n2ccnc2)cc1.COc1ccc(C(CC(=O)[O-])n2ccnc2)cc1.[2H][B][3H]. The molecule has 4 aliphatic heterocycles. The van der Waals surface area contributed by atoms with Crippen molar-refractivity contribution >= 4 is 26.1 Å². The van der Waals surface area contributed by atoms with Crippen LogP contribution in [0, 0.1) is 0 Å². The van der Waals surface area contributed by atoms with Crippen molar-refractivity contribution in [1.29, 1.82) is 2.67 Å². The number of rotatable bonds is 10. The van der Waals surface area contributed by atoms with E-state index in [-0.39, 0.29) is 24.9 Å². The predicted molar refractivity (Wildman–Crippen MR) is 222 cm³/mol. The Hall–Kier alpha value is -5.53. The van der Waals surface area contributed by atoms with Gasteiger partial charge in [0.2, 0.25) is 0 Å². The molecule has 0 bridgehead atoms. The topological polar surface area (TPSA) is 150 Å². The molecule has 2 fully saturated rings. The van der Waals surface area contributed by atoms with Crippen LogP contribution in [0.3, 0.4) is 0 Å². The van der Waals surface area contributed by atoms with Gasteiger partial charge in [0.25, 0.3) is 0 Å². The van der Waals surface area contributed by atoms with E-state index >= 15 is 0 Å². The number of aliphatic imine (C=N–C) groups is 1. The molecule has 14 heteroatoms. The molecule has 13 nitrogen and oxygen atoms in total. The third-order valence-electron chi connectivity index (χ3n) is 10.4. The molecule has 0 amide bonds. The molecular weight excluding hydrogens is 721 g/mol. The van der Waals surface area contributed by atoms with E-state index in [4.69, 9.17) is 17.3 Å². The third kappa shape index (κ3) is 13.9. The van der Waals surface area contributed by atoms with Crippen LogP contribution in [0.5, 0.6) is 11.5 Å². The van der Waals surface area contributed by atoms with Gasteiger partial charge in [-0.25, -0.2) is 9.97 Å². The summed E-state index contributed by atoms with van der Waals surface area (Å²) >= 11 is 0. The van der Waals surface area contributed by atoms with Gasteiger partial charge in [-0.05, 0) is 89.4 Å². The average molecular weight is 783 g/mol. The molecule has 0 aliphatic carbocycles. The number of carbonyl (C=O) groups is 2. The number of amidine groups is 1. The fraction of sp³-hybridized carbons (Fsp3) is 0.465. The number of methoxy groups -OCH3 is 2. The van der Waals surface area contributed by atoms with Crippen molar-refractivity contribution in [3.8, 4) is 11.5 Å². The number of benzene rings is 2. The second-order valence-corrected chi connectivity index (χ2v) is 14.1. The predicted octanol–water partition coefficient (Wildman–Crippen LogP) is 5.09. The van der Waals surface area contributed by atoms with Crippen LogP contribution in [-0.2, 0) is 9.59 Å². The maximum Gasteiger partial charge on any atom is 0.305 e. The molecule has 2 aromatic heterocycles. The first-order valence-corrected chi connectivity index (χ1v) is 19.7. The minimum Gasteiger partial charge on any atom is -0.550 e. The van der Waals surface area contributed by atoms with E-state index in [9.17, 15) is 14.7 Å². The molecule has 0 spiro atoms. The maximum atomic E-state index is 10.9. The number of imidazole rings is 2. The van der Waals surface area contributed by atoms with Gasteiger partial charge in [-0.1, -0.05) is 30.3 Å². The van der Waals surface area contributed by atoms with Crippen LogP contribution < -0.4 is 14.6 Å². The van der Waals surface area contributed by atoms with Crippen molar-refractivity contribution < 1.29 is 29.3 Å². The van der Waals surface area contributed by atoms with Gasteiger partial charge < -0.3 is 43.4 Å². The number of carbonyl (C=O) groups excluding carboxylic acids is 1. The summed E-state index contributed by atoms with van der Waals surface area (Å²) in [5, 5.41) is 19.8. The highest BCUT2D eigenvalue weighted by molar-refractivity contribution is 5.83. The number of carboxylic acids is 2. The Kier molecular flexibility index (Phi) is 17.0. The molecule has 305 valence electrons. The molecule has 2 saturated heterocycles. The quantitative estimate of drug-likeness (QED) is 0.216. The summed E-state index contributed by atoms with van der Waals surface area (Å²) < 4.78 is 25.2. The summed E-state index contributed by atoms with van der Waals surface area (Å²) in [6.45, 7) is 6.25. The summed E-state index contributed by atoms with van der Waals surface area (Å²) in [4.78, 5) is 39.2. The zero-order chi connectivity index (χ0) is 42.2. The number of ether oxygens (including phenoxy) is 2. The normalized spacial score (nSPS) is 16.9. The standard InChI is InChI=1S/2C13H14N2O3.C9H15N.C8H14N2.BH2/c2*1-18-11-4-2-10(3-5-11)12(8-13(16)17)15-7-6-14-9-15;1-3-7-10-8-4-2-6-9(10)5-1;1-2-6-10-7-3-5-9-8(10)4-1;/h2*2-7,9,12H,8H2,1H3,(H,16,17);5H,1-4,6-8H2;1-7H2;1H2/p-1/i;;;;1TD. The Morgan fingerprint density at radius 1 is 0.807 bits per heavy atom. The number of aliphatic carboxylic acids is 2. The van der Waals surface area contributed by atoms with E-state index < -0.39 is 11.9 Å². The van der Waals surface area contributed by atoms with Crippen molar-refractivity contribution in [2.45, 2.75) is 82.7 Å². The van der Waals surface area contributed by atoms with Crippen molar-refractivity contribution in [3.05, 3.63) is 109 Å². The number of hydrogen-bond acceptors (Lipinski definition) is 10. The lowest BCUT2D eigenvalue weighted by Crippen LogP contribution is -2.39. The maximum absolute atomic E-state index is 10.9. The van der Waals surface area contributed by atoms with Gasteiger partial charge in [0.05, 0.1) is 59.6 Å². The molecule has 2 unspecified atom stereocenters. The van der Waals surface area contributed by atoms with E-state index in [1.165, 1.54) is 89.8 Å². The Morgan fingerprint density at radius 2 is 1.33 bits per heavy atom. The van der Waals surface area contributed by atoms with E-state index in [1.807, 2.05) is 36.4 Å². The average Bonchev–Trinajstić information content (AvgIpc) is 4.02. The van der Waals surface area contributed by atoms with Crippen LogP contribution in [0.2, 0.25) is 0 Å². The molecule has 1 N–H and O–H groups in total. The lowest BCUT2D eigenvalue weighted by molar-refractivity contribution is -0.306. The number of hydrogen-bond donors (Lipinski definition) is 1. The van der Waals surface area contributed by atoms with Crippen LogP contribution in [-0.4, -0.2) is 110 Å². The highest BCUT2D eigenvalue weighted by Crippen LogP contribution is 2.26. The van der Waals surface area contributed by atoms with Crippen LogP contribution in [0.1, 0.15) is 93.8 Å². The van der Waals surface area contributed by atoms with Crippen LogP contribution >= 0.6 is 0 Å². The molecule has 2 aromatic carbocycles. The lowest BCUT2D eigenvalue weighted by Gasteiger charge is -2.34. The van der Waals surface area contributed by atoms with Crippen LogP contribution in [0.4, 0.5) is 0 Å². The van der Waals surface area contributed by atoms with Crippen molar-refractivity contribution in [1.82, 2.24) is 28.9 Å². The monoisotopic (exact) mass is 782 g/mol. The largest absolute Gasteiger partial charge is 0.550 e. The first-order valence-electron chi connectivity index (χ1n) is 20.9. The molecule has 57 heavy (non-hydrogen) atoms. The number of piperidine rings is 2. The number of nitrogens with zero attached hydrogens (tertiary/aromatic N) is 7. The minimum atomic E-state index is -1.09. The molecular formula is C43H58BN7O6-. The fourth-order valence-corrected chi connectivity index (χ4v) is 7.38. The zero-order valence-electron chi connectivity index (χ0n) is 35.3. The summed E-state index contributed by atoms with van der Waals surface area (Å²) in [5.74, 6) is 0.932. The minimum absolute atomic E-state index is 0.0166. The molecule has 4 aromatic rings. The highest BCUT2D eigenvalue weighted by Gasteiger charge is 2.19. The summed E-state index contributed by atoms with van der Waals surface area (Å²) in [6.07, 6.45) is 24.4. The van der Waals surface area contributed by atoms with Gasteiger partial charge in [0.15, 0.2) is 0 Å². The van der Waals surface area contributed by atoms with Gasteiger partial charge in [-0.2, -0.15) is 0 Å². The molecule has 4 aliphatic rings. The van der Waals surface area contributed by atoms with E-state index in [1.54, 1.807) is 78.6 Å². The smallest absolute Gasteiger partial charge is 0.305 e. The van der Waals surface area contributed by atoms with Gasteiger partial charge in [0, 0.05) is 82.0 Å². The highest BCUT2D eigenvalue weighted by atomic mass is 16.5. The molecule has 1 radical (unpaired) electrons. The summed E-state index contributed by atoms with van der Waals surface area (Å²) in [6, 6.07) is 14.1. The Bertz CT molecular complexity index is 1710. The van der Waals surface area contributed by atoms with Crippen LogP contribution in [0.15, 0.2) is 103 Å². The van der Waals surface area contributed by atoms with E-state index in [2.05, 4.69) is 30.8 Å². The zero-order valence-corrected chi connectivity index (χ0v) is 33.3. The Balaban J connectivity index is 0.000000175. The number of fused-ring (bicyclic) bond motifs is 2. The first-order chi connectivity index (χ1) is 28.8. The van der Waals surface area contributed by atoms with Crippen LogP contribution in [0.25, 0.3) is 0 Å². The molecule has 0 saturated carbocycles. The van der Waals surface area contributed by atoms with Gasteiger partial charge in [0.1, 0.15) is 11.5 Å². The van der Waals surface area contributed by atoms with E-state index in [0.717, 1.165) is 29.2 Å². The van der Waals surface area contributed by atoms with Crippen molar-refractivity contribution in [3.63, 3.8) is 0 Å². The van der Waals surface area contributed by atoms with Crippen molar-refractivity contribution in [2.24, 2.45) is 4.99 Å². The lowest BCUT2D eigenvalue weighted by atomic mass is 10.0. The summed E-state index contributed by atoms with van der Waals surface area (Å²) in [5.41, 5.74) is 3.42. The first kappa shape index (κ1) is 41.1. The second-order valence-electron chi connectivity index (χ2n) is 14.1. The molecule has 8 rings (SSSR count). The van der Waals surface area contributed by atoms with Gasteiger partial charge in [-0.3, -0.25) is 9.79 Å². The number of allylic oxidation sites excluding steroid dienone is 2. The second kappa shape index (κ2) is 23.5. The number of aromatic nitrogens is 4. The van der Waals surface area contributed by atoms with Gasteiger partial charge in [-0.15, -0.1) is 0 Å². The van der Waals surface area contributed by atoms with Gasteiger partial charge >= 0.3 is 5.97 Å². The fourth-order valence-electron chi connectivity index (χ4n) is 7.38. The Labute approximate surface area is 341 Å². The van der Waals surface area contributed by atoms with Crippen molar-refractivity contribution in [2.75, 3.05) is 46.9 Å². The third-order valence-corrected chi connectivity index (χ3v) is 10.4.